The highest BCUT2D eigenvalue weighted by atomic mass is 16.9. The largest absolute Gasteiger partial charge is 0.461 e. The number of esters is 1. The number of likely N-dealkylation sites (N-methyl/N-ethyl adjacent to an activating group) is 1. The summed E-state index contributed by atoms with van der Waals surface area (Å²) in [5.41, 5.74) is 0.448. The van der Waals surface area contributed by atoms with Gasteiger partial charge in [0, 0.05) is 12.1 Å². The minimum Gasteiger partial charge on any atom is -0.461 e. The van der Waals surface area contributed by atoms with Crippen molar-refractivity contribution in [3.63, 3.8) is 0 Å². The summed E-state index contributed by atoms with van der Waals surface area (Å²) in [5, 5.41) is 13.6. The van der Waals surface area contributed by atoms with Gasteiger partial charge in [0.05, 0.1) is 0 Å². The van der Waals surface area contributed by atoms with Gasteiger partial charge in [0.1, 0.15) is 6.61 Å². The minimum atomic E-state index is -1.50. The number of nitrogens with zero attached hydrogens (tertiary/aromatic N) is 2. The van der Waals surface area contributed by atoms with Crippen LogP contribution in [-0.2, 0) is 9.53 Å². The predicted octanol–water partition coefficient (Wildman–Crippen LogP) is 0.320. The van der Waals surface area contributed by atoms with Crippen molar-refractivity contribution in [2.75, 3.05) is 27.2 Å². The predicted molar refractivity (Wildman–Crippen MR) is 53.1 cm³/mol. The summed E-state index contributed by atoms with van der Waals surface area (Å²) in [6.07, 6.45) is 0. The van der Waals surface area contributed by atoms with E-state index in [1.54, 1.807) is 6.92 Å². The Balaban J connectivity index is 0. The first kappa shape index (κ1) is 15.8. The molecule has 0 aromatic heterocycles. The van der Waals surface area contributed by atoms with E-state index in [0.717, 1.165) is 6.54 Å². The Morgan fingerprint density at radius 3 is 2.27 bits per heavy atom. The molecule has 0 fully saturated rings. The van der Waals surface area contributed by atoms with Crippen LogP contribution >= 0.6 is 0 Å². The lowest BCUT2D eigenvalue weighted by Crippen LogP contribution is -2.20. The number of carbonyl (C=O) groups excluding carboxylic acids is 1. The molecular formula is C8H16N2O5. The third kappa shape index (κ3) is 19.0. The van der Waals surface area contributed by atoms with Crippen LogP contribution < -0.4 is 0 Å². The van der Waals surface area contributed by atoms with Gasteiger partial charge in [-0.25, -0.2) is 4.79 Å². The molecule has 1 N–H and O–H groups in total. The van der Waals surface area contributed by atoms with E-state index in [9.17, 15) is 4.79 Å². The van der Waals surface area contributed by atoms with Gasteiger partial charge in [-0.05, 0) is 21.0 Å². The van der Waals surface area contributed by atoms with Gasteiger partial charge >= 0.3 is 5.97 Å². The molecule has 0 aliphatic rings. The number of hydrogen-bond donors (Lipinski definition) is 1. The lowest BCUT2D eigenvalue weighted by Gasteiger charge is -2.09. The summed E-state index contributed by atoms with van der Waals surface area (Å²) in [5.74, 6) is -0.313. The van der Waals surface area contributed by atoms with Crippen LogP contribution in [0.1, 0.15) is 6.92 Å². The van der Waals surface area contributed by atoms with Gasteiger partial charge in [0.2, 0.25) is 0 Å². The molecule has 0 amide bonds. The van der Waals surface area contributed by atoms with Crippen molar-refractivity contribution in [2.24, 2.45) is 0 Å². The van der Waals surface area contributed by atoms with Gasteiger partial charge < -0.3 is 14.8 Å². The molecule has 0 saturated carbocycles. The molecule has 0 aromatic rings. The Morgan fingerprint density at radius 1 is 1.60 bits per heavy atom. The van der Waals surface area contributed by atoms with Crippen LogP contribution in [0, 0.1) is 10.1 Å². The third-order valence-corrected chi connectivity index (χ3v) is 1.12. The molecule has 0 aliphatic carbocycles. The molecule has 7 heteroatoms. The van der Waals surface area contributed by atoms with Crippen molar-refractivity contribution in [1.29, 1.82) is 0 Å². The van der Waals surface area contributed by atoms with Crippen LogP contribution in [0.2, 0.25) is 0 Å². The molecule has 0 saturated heterocycles. The monoisotopic (exact) mass is 220 g/mol. The Hall–Kier alpha value is -1.63. The van der Waals surface area contributed by atoms with Gasteiger partial charge in [0.25, 0.3) is 5.09 Å². The second-order valence-electron chi connectivity index (χ2n) is 2.96. The zero-order valence-corrected chi connectivity index (χ0v) is 9.10. The van der Waals surface area contributed by atoms with Gasteiger partial charge in [-0.1, -0.05) is 6.58 Å². The number of rotatable bonds is 4. The van der Waals surface area contributed by atoms with Crippen molar-refractivity contribution < 1.29 is 19.8 Å². The third-order valence-electron chi connectivity index (χ3n) is 1.12. The van der Waals surface area contributed by atoms with Gasteiger partial charge in [-0.2, -0.15) is 0 Å². The molecule has 0 spiro atoms. The van der Waals surface area contributed by atoms with E-state index in [0.29, 0.717) is 12.2 Å². The summed E-state index contributed by atoms with van der Waals surface area (Å²) >= 11 is 0. The highest BCUT2D eigenvalue weighted by Crippen LogP contribution is 1.91. The van der Waals surface area contributed by atoms with E-state index in [4.69, 9.17) is 20.1 Å². The Morgan fingerprint density at radius 2 is 2.00 bits per heavy atom. The minimum absolute atomic E-state index is 0.313. The lowest BCUT2D eigenvalue weighted by molar-refractivity contribution is -0.742. The van der Waals surface area contributed by atoms with E-state index >= 15 is 0 Å². The van der Waals surface area contributed by atoms with Gasteiger partial charge in [-0.15, -0.1) is 10.1 Å². The van der Waals surface area contributed by atoms with Crippen molar-refractivity contribution in [3.8, 4) is 0 Å². The summed E-state index contributed by atoms with van der Waals surface area (Å²) in [4.78, 5) is 21.1. The Labute approximate surface area is 88.0 Å². The second kappa shape index (κ2) is 8.95. The van der Waals surface area contributed by atoms with Crippen molar-refractivity contribution >= 4 is 5.97 Å². The highest BCUT2D eigenvalue weighted by Gasteiger charge is 2.01. The molecule has 0 rings (SSSR count). The molecule has 0 heterocycles. The molecular weight excluding hydrogens is 204 g/mol. The summed E-state index contributed by atoms with van der Waals surface area (Å²) < 4.78 is 4.83. The Bertz CT molecular complexity index is 223. The zero-order valence-electron chi connectivity index (χ0n) is 9.10. The highest BCUT2D eigenvalue weighted by molar-refractivity contribution is 5.86. The number of hydrogen-bond acceptors (Lipinski definition) is 5. The average molecular weight is 220 g/mol. The van der Waals surface area contributed by atoms with Crippen LogP contribution in [0.5, 0.6) is 0 Å². The van der Waals surface area contributed by atoms with Gasteiger partial charge in [-0.3, -0.25) is 0 Å². The molecule has 88 valence electrons. The van der Waals surface area contributed by atoms with Crippen molar-refractivity contribution in [2.45, 2.75) is 6.92 Å². The van der Waals surface area contributed by atoms with E-state index in [2.05, 4.69) is 6.58 Å². The molecule has 0 unspecified atom stereocenters. The maximum absolute atomic E-state index is 10.8. The smallest absolute Gasteiger partial charge is 0.333 e. The fraction of sp³-hybridized carbons (Fsp3) is 0.625. The maximum atomic E-state index is 10.8. The van der Waals surface area contributed by atoms with Crippen LogP contribution in [0.4, 0.5) is 0 Å². The molecule has 7 nitrogen and oxygen atoms in total. The zero-order chi connectivity index (χ0) is 12.4. The summed E-state index contributed by atoms with van der Waals surface area (Å²) in [7, 11) is 3.85. The van der Waals surface area contributed by atoms with Gasteiger partial charge in [0.15, 0.2) is 0 Å². The van der Waals surface area contributed by atoms with E-state index in [1.807, 2.05) is 19.0 Å². The SMILES string of the molecule is C=C(C)C(=O)OCCN(C)C.O=[N+]([O-])O. The fourth-order valence-electron chi connectivity index (χ4n) is 0.444. The molecule has 0 aliphatic heterocycles. The molecule has 0 bridgehead atoms. The normalized spacial score (nSPS) is 8.80. The van der Waals surface area contributed by atoms with Crippen molar-refractivity contribution in [3.05, 3.63) is 22.3 Å². The second-order valence-corrected chi connectivity index (χ2v) is 2.96. The van der Waals surface area contributed by atoms with E-state index in [-0.39, 0.29) is 5.97 Å². The molecule has 0 atom stereocenters. The standard InChI is InChI=1S/C8H15NO2.HNO3/c1-7(2)8(10)11-6-5-9(3)4;2-1(3)4/h1,5-6H2,2-4H3;(H,2,3,4). The Kier molecular flexibility index (Phi) is 9.44. The first-order chi connectivity index (χ1) is 6.77. The van der Waals surface area contributed by atoms with Crippen LogP contribution in [-0.4, -0.2) is 48.4 Å². The fourth-order valence-corrected chi connectivity index (χ4v) is 0.444. The van der Waals surface area contributed by atoms with E-state index in [1.165, 1.54) is 0 Å². The first-order valence-corrected chi connectivity index (χ1v) is 4.08. The van der Waals surface area contributed by atoms with Crippen LogP contribution in [0.3, 0.4) is 0 Å². The molecule has 0 aromatic carbocycles. The number of ether oxygens (including phenoxy) is 1. The average Bonchev–Trinajstić information content (AvgIpc) is 2.01. The summed E-state index contributed by atoms with van der Waals surface area (Å²) in [6.45, 7) is 6.28. The molecule has 15 heavy (non-hydrogen) atoms. The maximum Gasteiger partial charge on any atom is 0.333 e. The van der Waals surface area contributed by atoms with Crippen LogP contribution in [0.25, 0.3) is 0 Å². The first-order valence-electron chi connectivity index (χ1n) is 4.08. The van der Waals surface area contributed by atoms with E-state index < -0.39 is 5.09 Å². The molecule has 0 radical (unpaired) electrons. The lowest BCUT2D eigenvalue weighted by atomic mass is 10.4. The quantitative estimate of drug-likeness (QED) is 0.317. The topological polar surface area (TPSA) is 92.9 Å². The summed E-state index contributed by atoms with van der Waals surface area (Å²) in [6, 6.07) is 0. The van der Waals surface area contributed by atoms with Crippen LogP contribution in [0.15, 0.2) is 12.2 Å². The van der Waals surface area contributed by atoms with Crippen molar-refractivity contribution in [1.82, 2.24) is 4.90 Å². The number of carbonyl (C=O) groups is 1.